The highest BCUT2D eigenvalue weighted by molar-refractivity contribution is 6.29. The van der Waals surface area contributed by atoms with Crippen molar-refractivity contribution in [2.75, 3.05) is 0 Å². The second kappa shape index (κ2) is 11.4. The molecule has 0 spiro atoms. The van der Waals surface area contributed by atoms with Crippen molar-refractivity contribution in [3.8, 4) is 24.3 Å². The third kappa shape index (κ3) is 4.60. The van der Waals surface area contributed by atoms with Gasteiger partial charge in [0.05, 0.1) is 54.6 Å². The van der Waals surface area contributed by atoms with Crippen LogP contribution in [0.25, 0.3) is 48.1 Å². The molecule has 0 heterocycles. The number of hydrogen-bond donors (Lipinski definition) is 0. The summed E-state index contributed by atoms with van der Waals surface area (Å²) in [5.41, 5.74) is -4.03. The number of aryl methyl sites for hydroxylation is 2. The first-order valence-electron chi connectivity index (χ1n) is 13.3. The first kappa shape index (κ1) is 31.2. The van der Waals surface area contributed by atoms with Crippen molar-refractivity contribution in [1.29, 1.82) is 21.0 Å². The standard InChI is InChI=1S/C36H13F4N7/c1-17-6-7-19(10-18(17)2)29-32(27(16-44)46-4)23-12-22-30(34(37)33(23)35(29)47-5)24(14-42)28(31(22)26(15-43)45-3)20-8-9-21(13-41)25(11-20)36(38,39)40/h6-12H,1-2H3/b31-26+,32-27-. The maximum atomic E-state index is 17.0. The average molecular weight is 620 g/mol. The molecule has 0 aliphatic heterocycles. The lowest BCUT2D eigenvalue weighted by Crippen LogP contribution is -2.08. The zero-order chi connectivity index (χ0) is 34.4. The van der Waals surface area contributed by atoms with E-state index in [1.54, 1.807) is 43.3 Å². The minimum Gasteiger partial charge on any atom is -0.237 e. The van der Waals surface area contributed by atoms with Gasteiger partial charge >= 0.3 is 6.18 Å². The Morgan fingerprint density at radius 1 is 0.723 bits per heavy atom. The Kier molecular flexibility index (Phi) is 7.54. The molecular weight excluding hydrogens is 606 g/mol. The maximum absolute atomic E-state index is 17.0. The summed E-state index contributed by atoms with van der Waals surface area (Å²) in [4.78, 5) is 10.1. The number of benzene rings is 3. The van der Waals surface area contributed by atoms with Crippen LogP contribution in [0.1, 0.15) is 55.6 Å². The zero-order valence-electron chi connectivity index (χ0n) is 24.2. The van der Waals surface area contributed by atoms with Crippen molar-refractivity contribution >= 4 is 33.6 Å². The van der Waals surface area contributed by atoms with Gasteiger partial charge in [-0.2, -0.15) is 23.7 Å². The van der Waals surface area contributed by atoms with E-state index in [-0.39, 0.29) is 50.2 Å². The van der Waals surface area contributed by atoms with E-state index >= 15 is 4.39 Å². The van der Waals surface area contributed by atoms with E-state index in [0.717, 1.165) is 23.3 Å². The van der Waals surface area contributed by atoms with E-state index in [2.05, 4.69) is 14.5 Å². The lowest BCUT2D eigenvalue weighted by atomic mass is 9.90. The van der Waals surface area contributed by atoms with Gasteiger partial charge in [-0.15, -0.1) is 0 Å². The second-order valence-electron chi connectivity index (χ2n) is 10.3. The number of halogens is 4. The van der Waals surface area contributed by atoms with Gasteiger partial charge in [0.25, 0.3) is 11.4 Å². The van der Waals surface area contributed by atoms with Crippen molar-refractivity contribution in [3.05, 3.63) is 150 Å². The quantitative estimate of drug-likeness (QED) is 0.162. The fourth-order valence-corrected chi connectivity index (χ4v) is 5.77. The molecule has 0 atom stereocenters. The summed E-state index contributed by atoms with van der Waals surface area (Å²) in [5, 5.41) is 39.5. The second-order valence-corrected chi connectivity index (χ2v) is 10.3. The highest BCUT2D eigenvalue weighted by atomic mass is 19.4. The van der Waals surface area contributed by atoms with Crippen LogP contribution in [0.15, 0.2) is 53.9 Å². The summed E-state index contributed by atoms with van der Waals surface area (Å²) in [5.74, 6) is -1.15. The molecule has 2 aliphatic carbocycles. The van der Waals surface area contributed by atoms with Gasteiger partial charge in [0.15, 0.2) is 0 Å². The molecule has 47 heavy (non-hydrogen) atoms. The van der Waals surface area contributed by atoms with Gasteiger partial charge in [-0.3, -0.25) is 0 Å². The van der Waals surface area contributed by atoms with Crippen molar-refractivity contribution in [1.82, 2.24) is 0 Å². The van der Waals surface area contributed by atoms with Crippen molar-refractivity contribution in [2.24, 2.45) is 0 Å². The van der Waals surface area contributed by atoms with Crippen LogP contribution in [0, 0.1) is 84.7 Å². The number of alkyl halides is 3. The molecule has 3 aromatic rings. The lowest BCUT2D eigenvalue weighted by Gasteiger charge is -2.15. The normalized spacial score (nSPS) is 15.2. The summed E-state index contributed by atoms with van der Waals surface area (Å²) in [6.45, 7) is 27.0. The number of nitriles is 4. The largest absolute Gasteiger partial charge is 0.417 e. The zero-order valence-corrected chi connectivity index (χ0v) is 24.2. The smallest absolute Gasteiger partial charge is 0.237 e. The van der Waals surface area contributed by atoms with Gasteiger partial charge in [-0.05, 0) is 82.1 Å². The Hall–Kier alpha value is -7.23. The molecule has 0 fully saturated rings. The summed E-state index contributed by atoms with van der Waals surface area (Å²) >= 11 is 0. The third-order valence-corrected chi connectivity index (χ3v) is 7.94. The summed E-state index contributed by atoms with van der Waals surface area (Å²) in [7, 11) is 0. The maximum Gasteiger partial charge on any atom is 0.417 e. The fourth-order valence-electron chi connectivity index (χ4n) is 5.77. The van der Waals surface area contributed by atoms with Crippen molar-refractivity contribution in [3.63, 3.8) is 0 Å². The van der Waals surface area contributed by atoms with Crippen LogP contribution in [-0.2, 0) is 6.18 Å². The van der Waals surface area contributed by atoms with Gasteiger partial charge in [0, 0.05) is 16.7 Å². The monoisotopic (exact) mass is 619 g/mol. The van der Waals surface area contributed by atoms with E-state index in [9.17, 15) is 34.2 Å². The van der Waals surface area contributed by atoms with Gasteiger partial charge in [0.1, 0.15) is 11.9 Å². The van der Waals surface area contributed by atoms with Gasteiger partial charge in [0.2, 0.25) is 5.70 Å². The van der Waals surface area contributed by atoms with Crippen LogP contribution in [0.3, 0.4) is 0 Å². The minimum absolute atomic E-state index is 0.0844. The van der Waals surface area contributed by atoms with Crippen LogP contribution >= 0.6 is 0 Å². The van der Waals surface area contributed by atoms with Crippen molar-refractivity contribution in [2.45, 2.75) is 20.0 Å². The van der Waals surface area contributed by atoms with E-state index in [0.29, 0.717) is 11.6 Å². The van der Waals surface area contributed by atoms with Crippen LogP contribution < -0.4 is 0 Å². The number of nitrogens with zero attached hydrogens (tertiary/aromatic N) is 7. The van der Waals surface area contributed by atoms with Crippen LogP contribution in [0.4, 0.5) is 17.6 Å². The molecule has 0 aromatic heterocycles. The molecule has 2 aliphatic rings. The molecule has 220 valence electrons. The summed E-state index contributed by atoms with van der Waals surface area (Å²) in [6.07, 6.45) is -5.00. The topological polar surface area (TPSA) is 108 Å². The Balaban J connectivity index is 1.98. The number of fused-ring (bicyclic) bond motifs is 2. The Morgan fingerprint density at radius 2 is 1.30 bits per heavy atom. The molecule has 0 saturated carbocycles. The highest BCUT2D eigenvalue weighted by Crippen LogP contribution is 2.56. The molecule has 0 unspecified atom stereocenters. The third-order valence-electron chi connectivity index (χ3n) is 7.94. The molecule has 0 radical (unpaired) electrons. The molecule has 0 amide bonds. The van der Waals surface area contributed by atoms with Crippen LogP contribution in [0.2, 0.25) is 0 Å². The number of allylic oxidation sites excluding steroid dienone is 7. The van der Waals surface area contributed by atoms with Crippen molar-refractivity contribution < 1.29 is 17.6 Å². The first-order valence-corrected chi connectivity index (χ1v) is 13.3. The van der Waals surface area contributed by atoms with Gasteiger partial charge < -0.3 is 0 Å². The Labute approximate surface area is 265 Å². The van der Waals surface area contributed by atoms with E-state index in [1.807, 2.05) is 6.92 Å². The molecular formula is C36H13F4N7. The molecule has 0 N–H and O–H groups in total. The molecule has 5 rings (SSSR count). The summed E-state index contributed by atoms with van der Waals surface area (Å²) < 4.78 is 58.9. The number of hydrogen-bond acceptors (Lipinski definition) is 4. The van der Waals surface area contributed by atoms with E-state index in [1.165, 1.54) is 12.1 Å². The number of rotatable bonds is 2. The molecule has 11 heteroatoms. The lowest BCUT2D eigenvalue weighted by molar-refractivity contribution is -0.137. The van der Waals surface area contributed by atoms with Gasteiger partial charge in [-0.1, -0.05) is 24.3 Å². The first-order chi connectivity index (χ1) is 22.4. The summed E-state index contributed by atoms with van der Waals surface area (Å²) in [6, 6.07) is 15.6. The highest BCUT2D eigenvalue weighted by Gasteiger charge is 2.41. The molecule has 3 aromatic carbocycles. The Bertz CT molecular complexity index is 2410. The average Bonchev–Trinajstić information content (AvgIpc) is 3.56. The van der Waals surface area contributed by atoms with Gasteiger partial charge in [-0.25, -0.2) is 29.4 Å². The predicted octanol–water partition coefficient (Wildman–Crippen LogP) is 8.89. The van der Waals surface area contributed by atoms with Crippen LogP contribution in [-0.4, -0.2) is 0 Å². The van der Waals surface area contributed by atoms with E-state index in [4.69, 9.17) is 19.7 Å². The molecule has 7 nitrogen and oxygen atoms in total. The molecule has 0 bridgehead atoms. The predicted molar refractivity (Wildman–Crippen MR) is 163 cm³/mol. The SMILES string of the molecule is [C-]#[N+]C1=C(c2ccc(C)c(C)c2)/C(=C(/C#N)[N+]#[C-])c2cc3c(c(F)c21)C(C#N)=C(c1ccc(C#N)c(C(F)(F)F)c1)/C3=C(\C#N)[N+]#[C-]. The van der Waals surface area contributed by atoms with E-state index < -0.39 is 45.7 Å². The molecule has 0 saturated heterocycles. The minimum atomic E-state index is -5.00. The fraction of sp³-hybridized carbons (Fsp3) is 0.0833. The Morgan fingerprint density at radius 3 is 1.81 bits per heavy atom. The van der Waals surface area contributed by atoms with Crippen LogP contribution in [0.5, 0.6) is 0 Å².